The minimum Gasteiger partial charge on any atom is -0.357 e. The number of hydrogen-bond acceptors (Lipinski definition) is 1. The predicted molar refractivity (Wildman–Crippen MR) is 61.2 cm³/mol. The van der Waals surface area contributed by atoms with Gasteiger partial charge in [0.05, 0.1) is 0 Å². The molecule has 0 amide bonds. The fourth-order valence-electron chi connectivity index (χ4n) is 1.57. The van der Waals surface area contributed by atoms with Crippen molar-refractivity contribution in [1.82, 2.24) is 9.88 Å². The summed E-state index contributed by atoms with van der Waals surface area (Å²) in [4.78, 5) is 0. The summed E-state index contributed by atoms with van der Waals surface area (Å²) in [5, 5.41) is 3.53. The molecule has 1 N–H and O–H groups in total. The fraction of sp³-hybridized carbons (Fsp3) is 0.667. The van der Waals surface area contributed by atoms with Crippen molar-refractivity contribution in [2.75, 3.05) is 0 Å². The number of rotatable bonds is 6. The number of hydrogen-bond donors (Lipinski definition) is 1. The second kappa shape index (κ2) is 5.86. The van der Waals surface area contributed by atoms with E-state index in [0.717, 1.165) is 6.54 Å². The summed E-state index contributed by atoms with van der Waals surface area (Å²) in [5.41, 5.74) is 1.37. The SMILES string of the molecule is CCCCC(C)NCc1ccn(C)c1. The van der Waals surface area contributed by atoms with Crippen LogP contribution < -0.4 is 5.32 Å². The number of aryl methyl sites for hydroxylation is 1. The standard InChI is InChI=1S/C12H22N2/c1-4-5-6-11(2)13-9-12-7-8-14(3)10-12/h7-8,10-11,13H,4-6,9H2,1-3H3. The van der Waals surface area contributed by atoms with Crippen LogP contribution in [0.3, 0.4) is 0 Å². The van der Waals surface area contributed by atoms with Gasteiger partial charge in [-0.3, -0.25) is 0 Å². The van der Waals surface area contributed by atoms with Crippen LogP contribution >= 0.6 is 0 Å². The Morgan fingerprint density at radius 3 is 2.86 bits per heavy atom. The van der Waals surface area contributed by atoms with Gasteiger partial charge in [0.1, 0.15) is 0 Å². The second-order valence-corrected chi connectivity index (χ2v) is 4.11. The van der Waals surface area contributed by atoms with Gasteiger partial charge in [0, 0.05) is 32.0 Å². The van der Waals surface area contributed by atoms with Gasteiger partial charge in [-0.15, -0.1) is 0 Å². The normalized spacial score (nSPS) is 13.1. The Hall–Kier alpha value is -0.760. The molecular formula is C12H22N2. The molecule has 14 heavy (non-hydrogen) atoms. The van der Waals surface area contributed by atoms with Crippen molar-refractivity contribution < 1.29 is 0 Å². The molecule has 0 radical (unpaired) electrons. The molecule has 1 aromatic heterocycles. The van der Waals surface area contributed by atoms with E-state index in [1.165, 1.54) is 24.8 Å². The van der Waals surface area contributed by atoms with Crippen LogP contribution in [0.4, 0.5) is 0 Å². The van der Waals surface area contributed by atoms with Gasteiger partial charge in [-0.05, 0) is 25.0 Å². The van der Waals surface area contributed by atoms with Crippen molar-refractivity contribution >= 4 is 0 Å². The largest absolute Gasteiger partial charge is 0.357 e. The molecule has 0 aliphatic rings. The molecule has 1 rings (SSSR count). The fourth-order valence-corrected chi connectivity index (χ4v) is 1.57. The zero-order chi connectivity index (χ0) is 10.4. The molecule has 80 valence electrons. The van der Waals surface area contributed by atoms with Crippen molar-refractivity contribution in [2.24, 2.45) is 7.05 Å². The average molecular weight is 194 g/mol. The summed E-state index contributed by atoms with van der Waals surface area (Å²) < 4.78 is 2.09. The third kappa shape index (κ3) is 3.97. The summed E-state index contributed by atoms with van der Waals surface area (Å²) in [7, 11) is 2.06. The third-order valence-electron chi connectivity index (χ3n) is 2.54. The van der Waals surface area contributed by atoms with Crippen LogP contribution in [-0.2, 0) is 13.6 Å². The smallest absolute Gasteiger partial charge is 0.0223 e. The molecule has 0 bridgehead atoms. The highest BCUT2D eigenvalue weighted by molar-refractivity contribution is 5.09. The van der Waals surface area contributed by atoms with Crippen LogP contribution in [0.25, 0.3) is 0 Å². The lowest BCUT2D eigenvalue weighted by Gasteiger charge is -2.12. The molecule has 0 saturated heterocycles. The van der Waals surface area contributed by atoms with Crippen LogP contribution in [0.15, 0.2) is 18.5 Å². The van der Waals surface area contributed by atoms with E-state index >= 15 is 0 Å². The van der Waals surface area contributed by atoms with Crippen molar-refractivity contribution in [3.63, 3.8) is 0 Å². The first-order valence-corrected chi connectivity index (χ1v) is 5.56. The zero-order valence-corrected chi connectivity index (χ0v) is 9.59. The lowest BCUT2D eigenvalue weighted by atomic mass is 10.1. The first kappa shape index (κ1) is 11.3. The first-order chi connectivity index (χ1) is 6.72. The number of nitrogens with one attached hydrogen (secondary N) is 1. The zero-order valence-electron chi connectivity index (χ0n) is 9.59. The number of unbranched alkanes of at least 4 members (excludes halogenated alkanes) is 1. The predicted octanol–water partition coefficient (Wildman–Crippen LogP) is 2.69. The van der Waals surface area contributed by atoms with Gasteiger partial charge < -0.3 is 9.88 Å². The Labute approximate surface area is 87.3 Å². The van der Waals surface area contributed by atoms with Gasteiger partial charge >= 0.3 is 0 Å². The molecule has 1 heterocycles. The first-order valence-electron chi connectivity index (χ1n) is 5.56. The number of aromatic nitrogens is 1. The summed E-state index contributed by atoms with van der Waals surface area (Å²) in [5.74, 6) is 0. The minimum atomic E-state index is 0.634. The van der Waals surface area contributed by atoms with Crippen LogP contribution in [0.1, 0.15) is 38.7 Å². The molecule has 1 aromatic rings. The van der Waals surface area contributed by atoms with E-state index in [2.05, 4.69) is 49.2 Å². The second-order valence-electron chi connectivity index (χ2n) is 4.11. The van der Waals surface area contributed by atoms with Crippen molar-refractivity contribution in [2.45, 2.75) is 45.7 Å². The van der Waals surface area contributed by atoms with E-state index in [0.29, 0.717) is 6.04 Å². The molecular weight excluding hydrogens is 172 g/mol. The monoisotopic (exact) mass is 194 g/mol. The molecule has 1 atom stereocenters. The topological polar surface area (TPSA) is 17.0 Å². The van der Waals surface area contributed by atoms with Crippen molar-refractivity contribution in [3.8, 4) is 0 Å². The lowest BCUT2D eigenvalue weighted by molar-refractivity contribution is 0.495. The summed E-state index contributed by atoms with van der Waals surface area (Å²) >= 11 is 0. The summed E-state index contributed by atoms with van der Waals surface area (Å²) in [6, 6.07) is 2.80. The highest BCUT2D eigenvalue weighted by Gasteiger charge is 2.00. The molecule has 0 aliphatic heterocycles. The van der Waals surface area contributed by atoms with E-state index in [1.54, 1.807) is 0 Å². The maximum atomic E-state index is 3.53. The molecule has 0 spiro atoms. The summed E-state index contributed by atoms with van der Waals surface area (Å²) in [6.07, 6.45) is 8.15. The maximum Gasteiger partial charge on any atom is 0.0223 e. The van der Waals surface area contributed by atoms with E-state index in [4.69, 9.17) is 0 Å². The highest BCUT2D eigenvalue weighted by Crippen LogP contribution is 2.03. The maximum absolute atomic E-state index is 3.53. The van der Waals surface area contributed by atoms with Crippen LogP contribution in [0.2, 0.25) is 0 Å². The van der Waals surface area contributed by atoms with Crippen molar-refractivity contribution in [1.29, 1.82) is 0 Å². The van der Waals surface area contributed by atoms with Gasteiger partial charge in [0.15, 0.2) is 0 Å². The van der Waals surface area contributed by atoms with Gasteiger partial charge in [-0.25, -0.2) is 0 Å². The average Bonchev–Trinajstić information content (AvgIpc) is 2.58. The lowest BCUT2D eigenvalue weighted by Crippen LogP contribution is -2.25. The van der Waals surface area contributed by atoms with Gasteiger partial charge in [-0.1, -0.05) is 19.8 Å². The van der Waals surface area contributed by atoms with E-state index in [9.17, 15) is 0 Å². The Morgan fingerprint density at radius 2 is 2.29 bits per heavy atom. The van der Waals surface area contributed by atoms with E-state index < -0.39 is 0 Å². The third-order valence-corrected chi connectivity index (χ3v) is 2.54. The molecule has 0 aliphatic carbocycles. The molecule has 1 unspecified atom stereocenters. The molecule has 0 aromatic carbocycles. The Balaban J connectivity index is 2.20. The van der Waals surface area contributed by atoms with Crippen LogP contribution in [-0.4, -0.2) is 10.6 Å². The van der Waals surface area contributed by atoms with Gasteiger partial charge in [0.2, 0.25) is 0 Å². The molecule has 2 nitrogen and oxygen atoms in total. The minimum absolute atomic E-state index is 0.634. The molecule has 2 heteroatoms. The van der Waals surface area contributed by atoms with E-state index in [-0.39, 0.29) is 0 Å². The van der Waals surface area contributed by atoms with Gasteiger partial charge in [0.25, 0.3) is 0 Å². The van der Waals surface area contributed by atoms with E-state index in [1.807, 2.05) is 0 Å². The van der Waals surface area contributed by atoms with Crippen molar-refractivity contribution in [3.05, 3.63) is 24.0 Å². The summed E-state index contributed by atoms with van der Waals surface area (Å²) in [6.45, 7) is 5.49. The van der Waals surface area contributed by atoms with Gasteiger partial charge in [-0.2, -0.15) is 0 Å². The highest BCUT2D eigenvalue weighted by atomic mass is 14.9. The Morgan fingerprint density at radius 1 is 1.50 bits per heavy atom. The molecule has 0 fully saturated rings. The molecule has 0 saturated carbocycles. The van der Waals surface area contributed by atoms with Crippen LogP contribution in [0, 0.1) is 0 Å². The number of nitrogens with zero attached hydrogens (tertiary/aromatic N) is 1. The Kier molecular flexibility index (Phi) is 4.74. The quantitative estimate of drug-likeness (QED) is 0.736. The van der Waals surface area contributed by atoms with Crippen LogP contribution in [0.5, 0.6) is 0 Å². The Bertz CT molecular complexity index is 253.